The van der Waals surface area contributed by atoms with Crippen LogP contribution >= 0.6 is 39.0 Å². The number of anilines is 1. The number of fused-ring (bicyclic) bond motifs is 1. The van der Waals surface area contributed by atoms with E-state index in [-0.39, 0.29) is 28.5 Å². The minimum Gasteiger partial charge on any atom is -0.411 e. The van der Waals surface area contributed by atoms with Crippen molar-refractivity contribution in [1.82, 2.24) is 15.2 Å². The number of halogens is 1. The number of hydrogen-bond donors (Lipinski definition) is 1. The SMILES string of the molecule is O=C(CSc1nnc(-c2ccc([N+](=O)[O-])cc2)o1)Nc1nc2ccc(Br)cc2s1. The molecule has 1 amide bonds. The summed E-state index contributed by atoms with van der Waals surface area (Å²) in [6.07, 6.45) is 0. The van der Waals surface area contributed by atoms with Crippen LogP contribution in [-0.4, -0.2) is 31.8 Å². The van der Waals surface area contributed by atoms with Gasteiger partial charge in [0.2, 0.25) is 11.8 Å². The molecule has 12 heteroatoms. The molecule has 0 radical (unpaired) electrons. The van der Waals surface area contributed by atoms with Crippen molar-refractivity contribution >= 4 is 66.0 Å². The number of aromatic nitrogens is 3. The highest BCUT2D eigenvalue weighted by Crippen LogP contribution is 2.29. The van der Waals surface area contributed by atoms with Crippen molar-refractivity contribution in [1.29, 1.82) is 0 Å². The number of nitro groups is 1. The van der Waals surface area contributed by atoms with Crippen LogP contribution in [0.1, 0.15) is 0 Å². The lowest BCUT2D eigenvalue weighted by Crippen LogP contribution is -2.13. The average molecular weight is 492 g/mol. The van der Waals surface area contributed by atoms with Gasteiger partial charge in [0.05, 0.1) is 20.9 Å². The Hall–Kier alpha value is -2.83. The van der Waals surface area contributed by atoms with E-state index in [0.717, 1.165) is 26.5 Å². The van der Waals surface area contributed by atoms with Gasteiger partial charge in [-0.25, -0.2) is 4.98 Å². The monoisotopic (exact) mass is 491 g/mol. The highest BCUT2D eigenvalue weighted by atomic mass is 79.9. The van der Waals surface area contributed by atoms with E-state index in [9.17, 15) is 14.9 Å². The van der Waals surface area contributed by atoms with E-state index in [1.807, 2.05) is 18.2 Å². The van der Waals surface area contributed by atoms with Gasteiger partial charge in [-0.15, -0.1) is 10.2 Å². The summed E-state index contributed by atoms with van der Waals surface area (Å²) in [5.74, 6) is 0.0457. The summed E-state index contributed by atoms with van der Waals surface area (Å²) in [5.41, 5.74) is 1.34. The fraction of sp³-hybridized carbons (Fsp3) is 0.0588. The second kappa shape index (κ2) is 8.27. The number of benzene rings is 2. The van der Waals surface area contributed by atoms with E-state index >= 15 is 0 Å². The molecule has 0 spiro atoms. The van der Waals surface area contributed by atoms with Crippen molar-refractivity contribution in [3.63, 3.8) is 0 Å². The second-order valence-corrected chi connectivity index (χ2v) is 8.52. The number of nitro benzene ring substituents is 1. The van der Waals surface area contributed by atoms with E-state index in [1.165, 1.54) is 35.6 Å². The van der Waals surface area contributed by atoms with Crippen molar-refractivity contribution in [3.05, 3.63) is 57.1 Å². The molecule has 4 rings (SSSR count). The molecule has 2 heterocycles. The Morgan fingerprint density at radius 1 is 1.24 bits per heavy atom. The number of nitrogens with one attached hydrogen (secondary N) is 1. The zero-order chi connectivity index (χ0) is 20.4. The second-order valence-electron chi connectivity index (χ2n) is 5.65. The van der Waals surface area contributed by atoms with Crippen LogP contribution in [0.2, 0.25) is 0 Å². The number of thioether (sulfide) groups is 1. The molecule has 0 aliphatic rings. The number of amides is 1. The molecule has 0 bridgehead atoms. The average Bonchev–Trinajstić information content (AvgIpc) is 3.32. The molecule has 4 aromatic rings. The Morgan fingerprint density at radius 2 is 2.03 bits per heavy atom. The third kappa shape index (κ3) is 4.60. The number of thiazole rings is 1. The predicted molar refractivity (Wildman–Crippen MR) is 113 cm³/mol. The van der Waals surface area contributed by atoms with Gasteiger partial charge in [0.1, 0.15) is 0 Å². The first kappa shape index (κ1) is 19.5. The minimum absolute atomic E-state index is 0.0262. The molecule has 2 aromatic carbocycles. The molecular formula is C17H10BrN5O4S2. The van der Waals surface area contributed by atoms with Gasteiger partial charge in [-0.3, -0.25) is 14.9 Å². The molecular weight excluding hydrogens is 482 g/mol. The van der Waals surface area contributed by atoms with Gasteiger partial charge in [0.25, 0.3) is 10.9 Å². The maximum absolute atomic E-state index is 12.2. The van der Waals surface area contributed by atoms with Crippen molar-refractivity contribution in [2.24, 2.45) is 0 Å². The first-order valence-electron chi connectivity index (χ1n) is 8.05. The summed E-state index contributed by atoms with van der Waals surface area (Å²) >= 11 is 5.88. The van der Waals surface area contributed by atoms with E-state index in [2.05, 4.69) is 36.4 Å². The number of carbonyl (C=O) groups excluding carboxylic acids is 1. The van der Waals surface area contributed by atoms with Crippen LogP contribution in [0.4, 0.5) is 10.8 Å². The first-order valence-corrected chi connectivity index (χ1v) is 10.6. The summed E-state index contributed by atoms with van der Waals surface area (Å²) in [4.78, 5) is 26.8. The molecule has 0 unspecified atom stereocenters. The van der Waals surface area contributed by atoms with Gasteiger partial charge in [-0.2, -0.15) is 0 Å². The quantitative estimate of drug-likeness (QED) is 0.232. The normalized spacial score (nSPS) is 10.9. The highest BCUT2D eigenvalue weighted by Gasteiger charge is 2.14. The van der Waals surface area contributed by atoms with Crippen LogP contribution in [0, 0.1) is 10.1 Å². The predicted octanol–water partition coefficient (Wildman–Crippen LogP) is 4.75. The Bertz CT molecular complexity index is 1210. The van der Waals surface area contributed by atoms with Crippen LogP contribution in [0.5, 0.6) is 0 Å². The molecule has 0 aliphatic heterocycles. The van der Waals surface area contributed by atoms with Crippen molar-refractivity contribution in [3.8, 4) is 11.5 Å². The van der Waals surface area contributed by atoms with Crippen LogP contribution in [0.25, 0.3) is 21.7 Å². The van der Waals surface area contributed by atoms with E-state index in [4.69, 9.17) is 4.42 Å². The van der Waals surface area contributed by atoms with E-state index in [1.54, 1.807) is 0 Å². The van der Waals surface area contributed by atoms with Gasteiger partial charge in [-0.1, -0.05) is 39.0 Å². The molecule has 0 fully saturated rings. The topological polar surface area (TPSA) is 124 Å². The number of non-ortho nitro benzene ring substituents is 1. The zero-order valence-electron chi connectivity index (χ0n) is 14.4. The van der Waals surface area contributed by atoms with Crippen LogP contribution in [0.15, 0.2) is 56.6 Å². The molecule has 2 aromatic heterocycles. The minimum atomic E-state index is -0.484. The lowest BCUT2D eigenvalue weighted by Gasteiger charge is -1.98. The zero-order valence-corrected chi connectivity index (χ0v) is 17.6. The summed E-state index contributed by atoms with van der Waals surface area (Å²) < 4.78 is 7.42. The maximum atomic E-state index is 12.2. The van der Waals surface area contributed by atoms with Crippen LogP contribution in [0.3, 0.4) is 0 Å². The molecule has 0 aliphatic carbocycles. The molecule has 0 atom stereocenters. The molecule has 0 saturated heterocycles. The molecule has 9 nitrogen and oxygen atoms in total. The number of nitrogens with zero attached hydrogens (tertiary/aromatic N) is 4. The Labute approximate surface area is 179 Å². The Kier molecular flexibility index (Phi) is 5.56. The summed E-state index contributed by atoms with van der Waals surface area (Å²) in [6, 6.07) is 11.5. The molecule has 1 N–H and O–H groups in total. The van der Waals surface area contributed by atoms with E-state index < -0.39 is 4.92 Å². The van der Waals surface area contributed by atoms with E-state index in [0.29, 0.717) is 10.7 Å². The summed E-state index contributed by atoms with van der Waals surface area (Å²) in [6.45, 7) is 0. The van der Waals surface area contributed by atoms with Crippen LogP contribution < -0.4 is 5.32 Å². The van der Waals surface area contributed by atoms with Crippen molar-refractivity contribution in [2.45, 2.75) is 5.22 Å². The van der Waals surface area contributed by atoms with Gasteiger partial charge < -0.3 is 9.73 Å². The van der Waals surface area contributed by atoms with Crippen LogP contribution in [-0.2, 0) is 4.79 Å². The van der Waals surface area contributed by atoms with Crippen molar-refractivity contribution < 1.29 is 14.1 Å². The summed E-state index contributed by atoms with van der Waals surface area (Å²) in [7, 11) is 0. The third-order valence-corrected chi connectivity index (χ3v) is 5.90. The number of rotatable bonds is 6. The van der Waals surface area contributed by atoms with Gasteiger partial charge in [0.15, 0.2) is 5.13 Å². The lowest BCUT2D eigenvalue weighted by molar-refractivity contribution is -0.384. The summed E-state index contributed by atoms with van der Waals surface area (Å²) in [5, 5.41) is 22.0. The van der Waals surface area contributed by atoms with Gasteiger partial charge in [0, 0.05) is 22.2 Å². The largest absolute Gasteiger partial charge is 0.411 e. The maximum Gasteiger partial charge on any atom is 0.277 e. The van der Waals surface area contributed by atoms with Gasteiger partial charge in [-0.05, 0) is 30.3 Å². The lowest BCUT2D eigenvalue weighted by atomic mass is 10.2. The third-order valence-electron chi connectivity index (χ3n) is 3.66. The number of hydrogen-bond acceptors (Lipinski definition) is 9. The molecule has 29 heavy (non-hydrogen) atoms. The molecule has 146 valence electrons. The fourth-order valence-electron chi connectivity index (χ4n) is 2.35. The van der Waals surface area contributed by atoms with Gasteiger partial charge >= 0.3 is 0 Å². The Balaban J connectivity index is 1.36. The molecule has 0 saturated carbocycles. The highest BCUT2D eigenvalue weighted by molar-refractivity contribution is 9.10. The number of carbonyl (C=O) groups is 1. The standard InChI is InChI=1S/C17H10BrN5O4S2/c18-10-3-6-12-13(7-10)29-16(19-12)20-14(24)8-28-17-22-21-15(27-17)9-1-4-11(5-2-9)23(25)26/h1-7H,8H2,(H,19,20,24). The smallest absolute Gasteiger partial charge is 0.277 e. The first-order chi connectivity index (χ1) is 14.0. The Morgan fingerprint density at radius 3 is 2.79 bits per heavy atom. The van der Waals surface area contributed by atoms with Crippen molar-refractivity contribution in [2.75, 3.05) is 11.1 Å². The fourth-order valence-corrected chi connectivity index (χ4v) is 4.34.